The van der Waals surface area contributed by atoms with Crippen molar-refractivity contribution in [2.75, 3.05) is 24.6 Å². The van der Waals surface area contributed by atoms with Gasteiger partial charge in [0.25, 0.3) is 0 Å². The lowest BCUT2D eigenvalue weighted by molar-refractivity contribution is 0.238. The summed E-state index contributed by atoms with van der Waals surface area (Å²) < 4.78 is 0. The second kappa shape index (κ2) is 4.85. The van der Waals surface area contributed by atoms with Crippen LogP contribution in [0.4, 0.5) is 5.69 Å². The van der Waals surface area contributed by atoms with E-state index in [9.17, 15) is 5.11 Å². The minimum Gasteiger partial charge on any atom is -0.396 e. The largest absolute Gasteiger partial charge is 0.396 e. The number of benzene rings is 1. The molecule has 0 bridgehead atoms. The SMILES string of the molecule is Cc1cccc(CN)c1N1CCC(CO)C1. The third kappa shape index (κ3) is 2.06. The Morgan fingerprint density at radius 1 is 1.50 bits per heavy atom. The standard InChI is InChI=1S/C13H20N2O/c1-10-3-2-4-12(7-14)13(10)15-6-5-11(8-15)9-16/h2-4,11,16H,5-9,14H2,1H3. The second-order valence-electron chi connectivity index (χ2n) is 4.57. The van der Waals surface area contributed by atoms with Crippen molar-refractivity contribution < 1.29 is 5.11 Å². The van der Waals surface area contributed by atoms with Crippen molar-refractivity contribution >= 4 is 5.69 Å². The molecule has 1 aliphatic heterocycles. The molecule has 1 atom stereocenters. The number of nitrogens with zero attached hydrogens (tertiary/aromatic N) is 1. The van der Waals surface area contributed by atoms with Gasteiger partial charge in [0.05, 0.1) is 0 Å². The van der Waals surface area contributed by atoms with Crippen LogP contribution in [0.5, 0.6) is 0 Å². The van der Waals surface area contributed by atoms with Gasteiger partial charge in [-0.1, -0.05) is 18.2 Å². The molecule has 1 aliphatic rings. The topological polar surface area (TPSA) is 49.5 Å². The predicted octanol–water partition coefficient (Wildman–Crippen LogP) is 1.27. The molecule has 1 aromatic rings. The fraction of sp³-hybridized carbons (Fsp3) is 0.538. The lowest BCUT2D eigenvalue weighted by Crippen LogP contribution is -2.23. The van der Waals surface area contributed by atoms with E-state index in [1.54, 1.807) is 0 Å². The maximum atomic E-state index is 9.18. The molecular weight excluding hydrogens is 200 g/mol. The summed E-state index contributed by atoms with van der Waals surface area (Å²) in [6.07, 6.45) is 1.08. The number of aliphatic hydroxyl groups is 1. The lowest BCUT2D eigenvalue weighted by atomic mass is 10.1. The summed E-state index contributed by atoms with van der Waals surface area (Å²) >= 11 is 0. The molecule has 0 saturated carbocycles. The quantitative estimate of drug-likeness (QED) is 0.806. The Morgan fingerprint density at radius 2 is 2.31 bits per heavy atom. The van der Waals surface area contributed by atoms with Crippen LogP contribution in [0.1, 0.15) is 17.5 Å². The van der Waals surface area contributed by atoms with E-state index in [0.717, 1.165) is 19.5 Å². The Kier molecular flexibility index (Phi) is 3.46. The van der Waals surface area contributed by atoms with Crippen molar-refractivity contribution in [2.24, 2.45) is 11.7 Å². The molecule has 2 rings (SSSR count). The minimum atomic E-state index is 0.292. The summed E-state index contributed by atoms with van der Waals surface area (Å²) in [6.45, 7) is 4.98. The third-order valence-electron chi connectivity index (χ3n) is 3.40. The molecule has 16 heavy (non-hydrogen) atoms. The number of aliphatic hydroxyl groups excluding tert-OH is 1. The molecule has 3 N–H and O–H groups in total. The van der Waals surface area contributed by atoms with Crippen LogP contribution >= 0.6 is 0 Å². The number of hydrogen-bond donors (Lipinski definition) is 2. The van der Waals surface area contributed by atoms with Crippen LogP contribution in [0.25, 0.3) is 0 Å². The van der Waals surface area contributed by atoms with E-state index < -0.39 is 0 Å². The zero-order valence-corrected chi connectivity index (χ0v) is 9.82. The summed E-state index contributed by atoms with van der Waals surface area (Å²) in [4.78, 5) is 2.36. The first-order valence-corrected chi connectivity index (χ1v) is 5.90. The molecule has 1 aromatic carbocycles. The number of anilines is 1. The van der Waals surface area contributed by atoms with Crippen LogP contribution in [0, 0.1) is 12.8 Å². The predicted molar refractivity (Wildman–Crippen MR) is 66.5 cm³/mol. The van der Waals surface area contributed by atoms with Crippen molar-refractivity contribution in [2.45, 2.75) is 19.9 Å². The first-order chi connectivity index (χ1) is 7.76. The molecule has 88 valence electrons. The summed E-state index contributed by atoms with van der Waals surface area (Å²) in [7, 11) is 0. The fourth-order valence-corrected chi connectivity index (χ4v) is 2.52. The van der Waals surface area contributed by atoms with Gasteiger partial charge in [-0.05, 0) is 24.5 Å². The molecule has 3 nitrogen and oxygen atoms in total. The van der Waals surface area contributed by atoms with Gasteiger partial charge < -0.3 is 15.7 Å². The maximum absolute atomic E-state index is 9.18. The number of nitrogens with two attached hydrogens (primary N) is 1. The Bertz CT molecular complexity index is 365. The highest BCUT2D eigenvalue weighted by atomic mass is 16.3. The molecule has 0 spiro atoms. The van der Waals surface area contributed by atoms with Crippen LogP contribution in [-0.2, 0) is 6.54 Å². The van der Waals surface area contributed by atoms with E-state index in [0.29, 0.717) is 19.1 Å². The molecule has 0 radical (unpaired) electrons. The molecule has 3 heteroatoms. The molecule has 1 fully saturated rings. The Labute approximate surface area is 96.9 Å². The van der Waals surface area contributed by atoms with Crippen LogP contribution in [0.15, 0.2) is 18.2 Å². The summed E-state index contributed by atoms with van der Waals surface area (Å²) in [5.41, 5.74) is 9.54. The highest BCUT2D eigenvalue weighted by molar-refractivity contribution is 5.60. The average molecular weight is 220 g/mol. The summed E-state index contributed by atoms with van der Waals surface area (Å²) in [6, 6.07) is 6.27. The highest BCUT2D eigenvalue weighted by Crippen LogP contribution is 2.29. The number of para-hydroxylation sites is 1. The normalized spacial score (nSPS) is 20.4. The van der Waals surface area contributed by atoms with Crippen LogP contribution in [-0.4, -0.2) is 24.8 Å². The molecular formula is C13H20N2O. The fourth-order valence-electron chi connectivity index (χ4n) is 2.52. The van der Waals surface area contributed by atoms with E-state index in [-0.39, 0.29) is 0 Å². The highest BCUT2D eigenvalue weighted by Gasteiger charge is 2.24. The van der Waals surface area contributed by atoms with Crippen molar-refractivity contribution in [3.05, 3.63) is 29.3 Å². The molecule has 1 saturated heterocycles. The van der Waals surface area contributed by atoms with Crippen LogP contribution in [0.3, 0.4) is 0 Å². The average Bonchev–Trinajstić information content (AvgIpc) is 2.76. The third-order valence-corrected chi connectivity index (χ3v) is 3.40. The smallest absolute Gasteiger partial charge is 0.0476 e. The van der Waals surface area contributed by atoms with Gasteiger partial charge in [0.15, 0.2) is 0 Å². The molecule has 0 aromatic heterocycles. The number of rotatable bonds is 3. The van der Waals surface area contributed by atoms with E-state index >= 15 is 0 Å². The van der Waals surface area contributed by atoms with E-state index in [2.05, 4.69) is 30.0 Å². The van der Waals surface area contributed by atoms with Crippen molar-refractivity contribution in [3.8, 4) is 0 Å². The van der Waals surface area contributed by atoms with Gasteiger partial charge in [-0.2, -0.15) is 0 Å². The first kappa shape index (κ1) is 11.4. The van der Waals surface area contributed by atoms with Gasteiger partial charge in [0, 0.05) is 37.8 Å². The second-order valence-corrected chi connectivity index (χ2v) is 4.57. The Balaban J connectivity index is 2.26. The van der Waals surface area contributed by atoms with Gasteiger partial charge in [-0.15, -0.1) is 0 Å². The summed E-state index contributed by atoms with van der Waals surface area (Å²) in [5, 5.41) is 9.18. The van der Waals surface area contributed by atoms with Gasteiger partial charge >= 0.3 is 0 Å². The monoisotopic (exact) mass is 220 g/mol. The van der Waals surface area contributed by atoms with Gasteiger partial charge in [0.1, 0.15) is 0 Å². The molecule has 1 heterocycles. The Hall–Kier alpha value is -1.06. The zero-order chi connectivity index (χ0) is 11.5. The Morgan fingerprint density at radius 3 is 2.94 bits per heavy atom. The van der Waals surface area contributed by atoms with Crippen molar-refractivity contribution in [1.29, 1.82) is 0 Å². The number of hydrogen-bond acceptors (Lipinski definition) is 3. The van der Waals surface area contributed by atoms with Crippen molar-refractivity contribution in [1.82, 2.24) is 0 Å². The number of aryl methyl sites for hydroxylation is 1. The van der Waals surface area contributed by atoms with E-state index in [4.69, 9.17) is 5.73 Å². The van der Waals surface area contributed by atoms with E-state index in [1.807, 2.05) is 0 Å². The molecule has 0 aliphatic carbocycles. The van der Waals surface area contributed by atoms with Crippen LogP contribution < -0.4 is 10.6 Å². The van der Waals surface area contributed by atoms with Crippen LogP contribution in [0.2, 0.25) is 0 Å². The van der Waals surface area contributed by atoms with E-state index in [1.165, 1.54) is 16.8 Å². The first-order valence-electron chi connectivity index (χ1n) is 5.90. The lowest BCUT2D eigenvalue weighted by Gasteiger charge is -2.23. The minimum absolute atomic E-state index is 0.292. The molecule has 1 unspecified atom stereocenters. The zero-order valence-electron chi connectivity index (χ0n) is 9.82. The van der Waals surface area contributed by atoms with Gasteiger partial charge in [-0.25, -0.2) is 0 Å². The van der Waals surface area contributed by atoms with Gasteiger partial charge in [-0.3, -0.25) is 0 Å². The van der Waals surface area contributed by atoms with Crippen molar-refractivity contribution in [3.63, 3.8) is 0 Å². The van der Waals surface area contributed by atoms with Gasteiger partial charge in [0.2, 0.25) is 0 Å². The molecule has 0 amide bonds. The summed E-state index contributed by atoms with van der Waals surface area (Å²) in [5.74, 6) is 0.422. The maximum Gasteiger partial charge on any atom is 0.0476 e.